The van der Waals surface area contributed by atoms with Crippen molar-refractivity contribution in [3.8, 4) is 0 Å². The molecule has 2 aliphatic rings. The van der Waals surface area contributed by atoms with Gasteiger partial charge in [-0.05, 0) is 36.2 Å². The van der Waals surface area contributed by atoms with E-state index in [-0.39, 0.29) is 23.7 Å². The zero-order valence-corrected chi connectivity index (χ0v) is 17.9. The molecule has 4 atom stereocenters. The second kappa shape index (κ2) is 7.51. The minimum atomic E-state index is -0.907. The number of fused-ring (bicyclic) bond motifs is 1. The van der Waals surface area contributed by atoms with Crippen LogP contribution in [0.2, 0.25) is 5.02 Å². The topological polar surface area (TPSA) is 37.4 Å². The molecule has 0 saturated carbocycles. The molecular weight excluding hydrogens is 406 g/mol. The van der Waals surface area contributed by atoms with Gasteiger partial charge in [-0.15, -0.1) is 0 Å². The second-order valence-electron chi connectivity index (χ2n) is 8.43. The third kappa shape index (κ3) is 3.03. The van der Waals surface area contributed by atoms with E-state index >= 15 is 0 Å². The van der Waals surface area contributed by atoms with Crippen LogP contribution in [-0.2, 0) is 9.59 Å². The van der Waals surface area contributed by atoms with E-state index in [9.17, 15) is 9.59 Å². The van der Waals surface area contributed by atoms with Crippen LogP contribution in [0.5, 0.6) is 0 Å². The molecule has 2 amide bonds. The molecule has 4 unspecified atom stereocenters. The van der Waals surface area contributed by atoms with Crippen LogP contribution in [0.25, 0.3) is 0 Å². The van der Waals surface area contributed by atoms with Crippen molar-refractivity contribution in [2.24, 2.45) is 11.3 Å². The number of rotatable bonds is 3. The van der Waals surface area contributed by atoms with Crippen molar-refractivity contribution in [2.45, 2.75) is 18.8 Å². The summed E-state index contributed by atoms with van der Waals surface area (Å²) in [7, 11) is 0. The molecule has 1 aliphatic heterocycles. The number of nitrogens with zero attached hydrogens (tertiary/aromatic N) is 1. The molecule has 1 saturated heterocycles. The van der Waals surface area contributed by atoms with Crippen LogP contribution in [0.15, 0.2) is 97.1 Å². The molecule has 31 heavy (non-hydrogen) atoms. The monoisotopic (exact) mass is 427 g/mol. The molecular formula is C27H22ClNO2. The Hall–Kier alpha value is -3.17. The average Bonchev–Trinajstić information content (AvgIpc) is 3.00. The maximum Gasteiger partial charge on any atom is 0.241 e. The van der Waals surface area contributed by atoms with Crippen molar-refractivity contribution < 1.29 is 9.59 Å². The number of halogens is 1. The normalized spacial score (nSPS) is 27.4. The molecule has 4 heteroatoms. The van der Waals surface area contributed by atoms with Crippen LogP contribution >= 0.6 is 11.6 Å². The van der Waals surface area contributed by atoms with Gasteiger partial charge in [0.15, 0.2) is 0 Å². The third-order valence-corrected chi connectivity index (χ3v) is 6.96. The Balaban J connectivity index is 1.69. The first-order valence-electron chi connectivity index (χ1n) is 10.4. The van der Waals surface area contributed by atoms with Gasteiger partial charge in [-0.1, -0.05) is 90.5 Å². The van der Waals surface area contributed by atoms with Gasteiger partial charge in [0.1, 0.15) is 0 Å². The van der Waals surface area contributed by atoms with Crippen molar-refractivity contribution in [2.75, 3.05) is 4.90 Å². The van der Waals surface area contributed by atoms with E-state index in [1.807, 2.05) is 67.6 Å². The summed E-state index contributed by atoms with van der Waals surface area (Å²) in [5, 5.41) is 0.496. The van der Waals surface area contributed by atoms with Crippen LogP contribution in [0.1, 0.15) is 29.9 Å². The molecule has 1 heterocycles. The molecule has 5 rings (SSSR count). The van der Waals surface area contributed by atoms with E-state index in [0.717, 1.165) is 11.1 Å². The summed E-state index contributed by atoms with van der Waals surface area (Å²) in [5.41, 5.74) is 1.69. The van der Waals surface area contributed by atoms with Gasteiger partial charge in [0.05, 0.1) is 17.0 Å². The predicted octanol–water partition coefficient (Wildman–Crippen LogP) is 5.97. The number of carbonyl (C=O) groups excluding carboxylic acids is 2. The Labute approximate surface area is 187 Å². The van der Waals surface area contributed by atoms with E-state index < -0.39 is 11.3 Å². The van der Waals surface area contributed by atoms with Gasteiger partial charge < -0.3 is 0 Å². The van der Waals surface area contributed by atoms with Crippen molar-refractivity contribution >= 4 is 29.1 Å². The second-order valence-corrected chi connectivity index (χ2v) is 8.87. The Morgan fingerprint density at radius 1 is 0.806 bits per heavy atom. The molecule has 0 aromatic heterocycles. The summed E-state index contributed by atoms with van der Waals surface area (Å²) < 4.78 is 0. The number of allylic oxidation sites excluding steroid dienone is 2. The van der Waals surface area contributed by atoms with Gasteiger partial charge in [0.25, 0.3) is 0 Å². The molecule has 0 spiro atoms. The van der Waals surface area contributed by atoms with Gasteiger partial charge >= 0.3 is 0 Å². The maximum absolute atomic E-state index is 14.0. The van der Waals surface area contributed by atoms with E-state index in [0.29, 0.717) is 10.7 Å². The molecule has 0 radical (unpaired) electrons. The zero-order chi connectivity index (χ0) is 21.6. The summed E-state index contributed by atoms with van der Waals surface area (Å²) in [6.07, 6.45) is 4.21. The van der Waals surface area contributed by atoms with Gasteiger partial charge in [0.2, 0.25) is 11.8 Å². The predicted molar refractivity (Wildman–Crippen MR) is 123 cm³/mol. The minimum Gasteiger partial charge on any atom is -0.274 e. The molecule has 1 fully saturated rings. The molecule has 1 aliphatic carbocycles. The summed E-state index contributed by atoms with van der Waals surface area (Å²) in [6, 6.07) is 26.9. The quantitative estimate of drug-likeness (QED) is 0.381. The maximum atomic E-state index is 14.0. The highest BCUT2D eigenvalue weighted by Crippen LogP contribution is 2.57. The fraction of sp³-hybridized carbons (Fsp3) is 0.185. The summed E-state index contributed by atoms with van der Waals surface area (Å²) >= 11 is 6.19. The van der Waals surface area contributed by atoms with Gasteiger partial charge in [-0.3, -0.25) is 9.59 Å². The first-order chi connectivity index (χ1) is 15.0. The van der Waals surface area contributed by atoms with E-state index in [1.54, 1.807) is 24.3 Å². The number of hydrogen-bond acceptors (Lipinski definition) is 2. The van der Waals surface area contributed by atoms with Crippen molar-refractivity contribution in [3.63, 3.8) is 0 Å². The van der Waals surface area contributed by atoms with E-state index in [4.69, 9.17) is 11.6 Å². The van der Waals surface area contributed by atoms with Crippen LogP contribution in [0.4, 0.5) is 5.69 Å². The lowest BCUT2D eigenvalue weighted by molar-refractivity contribution is -0.127. The van der Waals surface area contributed by atoms with Gasteiger partial charge in [0, 0.05) is 16.9 Å². The average molecular weight is 428 g/mol. The molecule has 3 aromatic carbocycles. The van der Waals surface area contributed by atoms with E-state index in [2.05, 4.69) is 12.2 Å². The summed E-state index contributed by atoms with van der Waals surface area (Å²) in [6.45, 7) is 1.94. The highest BCUT2D eigenvalue weighted by molar-refractivity contribution is 6.31. The lowest BCUT2D eigenvalue weighted by Crippen LogP contribution is -2.42. The fourth-order valence-corrected chi connectivity index (χ4v) is 5.41. The smallest absolute Gasteiger partial charge is 0.241 e. The SMILES string of the molecule is CC12C(=O)N(c3cccc(Cl)c3)C(=O)C1C(c1ccccc1)C=CC2c1ccccc1. The van der Waals surface area contributed by atoms with Crippen LogP contribution in [-0.4, -0.2) is 11.8 Å². The molecule has 3 aromatic rings. The number of benzene rings is 3. The molecule has 0 N–H and O–H groups in total. The first-order valence-corrected chi connectivity index (χ1v) is 10.8. The largest absolute Gasteiger partial charge is 0.274 e. The zero-order valence-electron chi connectivity index (χ0n) is 17.1. The number of anilines is 1. The first kappa shape index (κ1) is 19.8. The number of imide groups is 1. The number of hydrogen-bond donors (Lipinski definition) is 0. The highest BCUT2D eigenvalue weighted by atomic mass is 35.5. The third-order valence-electron chi connectivity index (χ3n) is 6.72. The Morgan fingerprint density at radius 3 is 2.10 bits per heavy atom. The Morgan fingerprint density at radius 2 is 1.45 bits per heavy atom. The lowest BCUT2D eigenvalue weighted by atomic mass is 9.58. The van der Waals surface area contributed by atoms with Gasteiger partial charge in [-0.25, -0.2) is 4.90 Å². The summed E-state index contributed by atoms with van der Waals surface area (Å²) in [4.78, 5) is 29.2. The van der Waals surface area contributed by atoms with Crippen molar-refractivity contribution in [1.82, 2.24) is 0 Å². The fourth-order valence-electron chi connectivity index (χ4n) is 5.22. The van der Waals surface area contributed by atoms with Crippen molar-refractivity contribution in [3.05, 3.63) is 113 Å². The van der Waals surface area contributed by atoms with Crippen LogP contribution in [0, 0.1) is 11.3 Å². The Bertz CT molecular complexity index is 1170. The van der Waals surface area contributed by atoms with Crippen molar-refractivity contribution in [1.29, 1.82) is 0 Å². The Kier molecular flexibility index (Phi) is 4.79. The number of amides is 2. The highest BCUT2D eigenvalue weighted by Gasteiger charge is 2.63. The number of carbonyl (C=O) groups is 2. The lowest BCUT2D eigenvalue weighted by Gasteiger charge is -2.41. The standard InChI is InChI=1S/C27H22ClNO2/c1-27-23(19-11-6-3-7-12-19)16-15-22(18-9-4-2-5-10-18)24(27)25(30)29(26(27)31)21-14-8-13-20(28)17-21/h2-17,22-24H,1H3. The molecule has 3 nitrogen and oxygen atoms in total. The summed E-state index contributed by atoms with van der Waals surface area (Å²) in [5.74, 6) is -1.22. The van der Waals surface area contributed by atoms with E-state index in [1.165, 1.54) is 4.90 Å². The molecule has 0 bridgehead atoms. The molecule has 154 valence electrons. The van der Waals surface area contributed by atoms with Crippen LogP contribution in [0.3, 0.4) is 0 Å². The van der Waals surface area contributed by atoms with Crippen LogP contribution < -0.4 is 4.90 Å². The van der Waals surface area contributed by atoms with Gasteiger partial charge in [-0.2, -0.15) is 0 Å². The minimum absolute atomic E-state index is 0.172.